The van der Waals surface area contributed by atoms with Crippen LogP contribution >= 0.6 is 0 Å². The van der Waals surface area contributed by atoms with E-state index < -0.39 is 6.10 Å². The second-order valence-corrected chi connectivity index (χ2v) is 7.61. The number of nitrogens with zero attached hydrogens (tertiary/aromatic N) is 1. The van der Waals surface area contributed by atoms with Gasteiger partial charge in [0.05, 0.1) is 18.1 Å². The lowest BCUT2D eigenvalue weighted by Gasteiger charge is -2.63. The molecule has 0 unspecified atom stereocenters. The first kappa shape index (κ1) is 14.7. The number of carbonyl (C=O) groups excluding carboxylic acids is 1. The van der Waals surface area contributed by atoms with Crippen LogP contribution in [0, 0.1) is 0 Å². The highest BCUT2D eigenvalue weighted by Gasteiger charge is 2.73. The molecule has 2 aliphatic carbocycles. The number of likely N-dealkylation sites (N-methyl/N-ethyl adjacent to an activating group) is 1. The lowest BCUT2D eigenvalue weighted by atomic mass is 9.49. The van der Waals surface area contributed by atoms with E-state index >= 15 is 0 Å². The number of piperidine rings is 1. The fourth-order valence-corrected chi connectivity index (χ4v) is 6.07. The van der Waals surface area contributed by atoms with Crippen LogP contribution in [0.15, 0.2) is 12.1 Å². The Kier molecular flexibility index (Phi) is 2.78. The van der Waals surface area contributed by atoms with Crippen molar-refractivity contribution in [1.29, 1.82) is 0 Å². The topological polar surface area (TPSA) is 48.0 Å². The molecule has 1 saturated heterocycles. The third-order valence-electron chi connectivity index (χ3n) is 7.05. The van der Waals surface area contributed by atoms with Gasteiger partial charge in [-0.2, -0.15) is 0 Å². The van der Waals surface area contributed by atoms with E-state index in [-0.39, 0.29) is 22.8 Å². The lowest BCUT2D eigenvalue weighted by molar-refractivity contribution is -0.198. The van der Waals surface area contributed by atoms with Crippen molar-refractivity contribution in [2.45, 2.75) is 48.8 Å². The molecule has 1 spiro atoms. The van der Waals surface area contributed by atoms with Crippen molar-refractivity contribution in [1.82, 2.24) is 4.90 Å². The molecule has 2 aliphatic heterocycles. The standard InChI is InChI=1S/C19H23NO4/c1-20-9-8-18-15-11-4-5-13(22-2)16(15)24-17(18)12(21)6-7-19(18,23-3)14(20)10-11/h4-5,14,17H,6-10H2,1-3H3/t14-,17+,18+,19-/m1/s1. The minimum Gasteiger partial charge on any atom is -0.493 e. The van der Waals surface area contributed by atoms with Crippen LogP contribution in [-0.4, -0.2) is 56.2 Å². The van der Waals surface area contributed by atoms with E-state index in [0.29, 0.717) is 6.42 Å². The van der Waals surface area contributed by atoms with E-state index in [9.17, 15) is 4.79 Å². The molecule has 4 atom stereocenters. The molecule has 2 heterocycles. The average molecular weight is 329 g/mol. The van der Waals surface area contributed by atoms with E-state index in [0.717, 1.165) is 37.3 Å². The Bertz CT molecular complexity index is 747. The fourth-order valence-electron chi connectivity index (χ4n) is 6.07. The predicted octanol–water partition coefficient (Wildman–Crippen LogP) is 1.70. The Labute approximate surface area is 141 Å². The van der Waals surface area contributed by atoms with E-state index in [2.05, 4.69) is 18.0 Å². The van der Waals surface area contributed by atoms with Gasteiger partial charge in [-0.1, -0.05) is 6.07 Å². The fraction of sp³-hybridized carbons (Fsp3) is 0.632. The maximum Gasteiger partial charge on any atom is 0.174 e. The molecule has 128 valence electrons. The molecule has 2 fully saturated rings. The monoisotopic (exact) mass is 329 g/mol. The summed E-state index contributed by atoms with van der Waals surface area (Å²) in [6, 6.07) is 4.40. The number of ether oxygens (including phenoxy) is 3. The average Bonchev–Trinajstić information content (AvgIpc) is 2.95. The summed E-state index contributed by atoms with van der Waals surface area (Å²) < 4.78 is 18.1. The molecule has 0 radical (unpaired) electrons. The smallest absolute Gasteiger partial charge is 0.174 e. The number of rotatable bonds is 2. The summed E-state index contributed by atoms with van der Waals surface area (Å²) in [7, 11) is 5.64. The molecule has 0 N–H and O–H groups in total. The van der Waals surface area contributed by atoms with Crippen LogP contribution in [0.1, 0.15) is 30.4 Å². The van der Waals surface area contributed by atoms with Crippen molar-refractivity contribution < 1.29 is 19.0 Å². The third kappa shape index (κ3) is 1.35. The normalized spacial score (nSPS) is 39.4. The first-order valence-corrected chi connectivity index (χ1v) is 8.74. The van der Waals surface area contributed by atoms with Crippen molar-refractivity contribution in [3.8, 4) is 11.5 Å². The summed E-state index contributed by atoms with van der Waals surface area (Å²) in [5, 5.41) is 0. The molecule has 5 nitrogen and oxygen atoms in total. The molecule has 2 bridgehead atoms. The number of Topliss-reactive ketones (excluding diaryl/α,β-unsaturated/α-hetero) is 1. The molecule has 1 aromatic rings. The molecule has 0 amide bonds. The second-order valence-electron chi connectivity index (χ2n) is 7.61. The molecule has 1 saturated carbocycles. The summed E-state index contributed by atoms with van der Waals surface area (Å²) in [5.41, 5.74) is 1.74. The Hall–Kier alpha value is -1.59. The zero-order valence-corrected chi connectivity index (χ0v) is 14.4. The molecule has 4 aliphatic rings. The quantitative estimate of drug-likeness (QED) is 0.827. The first-order chi connectivity index (χ1) is 11.6. The number of likely N-dealkylation sites (tertiary alicyclic amines) is 1. The van der Waals surface area contributed by atoms with E-state index in [4.69, 9.17) is 14.2 Å². The minimum absolute atomic E-state index is 0.206. The Morgan fingerprint density at radius 3 is 2.88 bits per heavy atom. The van der Waals surface area contributed by atoms with Gasteiger partial charge in [0, 0.05) is 25.1 Å². The lowest BCUT2D eigenvalue weighted by Crippen LogP contribution is -2.76. The van der Waals surface area contributed by atoms with Crippen molar-refractivity contribution in [3.05, 3.63) is 23.3 Å². The molecular weight excluding hydrogens is 306 g/mol. The SMILES string of the molecule is COc1ccc2c3c1O[C@H]1C(=O)CC[C@@]4(OC)[C@@H](C2)N(C)CC[C@]314. The maximum atomic E-state index is 12.8. The Morgan fingerprint density at radius 1 is 1.29 bits per heavy atom. The number of benzene rings is 1. The Morgan fingerprint density at radius 2 is 2.12 bits per heavy atom. The predicted molar refractivity (Wildman–Crippen MR) is 87.8 cm³/mol. The van der Waals surface area contributed by atoms with Crippen molar-refractivity contribution >= 4 is 5.78 Å². The van der Waals surface area contributed by atoms with Gasteiger partial charge in [0.1, 0.15) is 0 Å². The number of carbonyl (C=O) groups is 1. The van der Waals surface area contributed by atoms with Gasteiger partial charge >= 0.3 is 0 Å². The Balaban J connectivity index is 1.86. The van der Waals surface area contributed by atoms with Gasteiger partial charge in [-0.25, -0.2) is 0 Å². The highest BCUT2D eigenvalue weighted by molar-refractivity contribution is 5.90. The van der Waals surface area contributed by atoms with Crippen LogP contribution in [0.4, 0.5) is 0 Å². The van der Waals surface area contributed by atoms with Gasteiger partial charge in [0.15, 0.2) is 23.4 Å². The van der Waals surface area contributed by atoms with Crippen molar-refractivity contribution in [2.24, 2.45) is 0 Å². The summed E-state index contributed by atoms with van der Waals surface area (Å²) in [6.07, 6.45) is 2.68. The summed E-state index contributed by atoms with van der Waals surface area (Å²) in [4.78, 5) is 15.2. The van der Waals surface area contributed by atoms with Crippen molar-refractivity contribution in [2.75, 3.05) is 27.8 Å². The molecular formula is C19H23NO4. The van der Waals surface area contributed by atoms with Gasteiger partial charge in [-0.3, -0.25) is 4.79 Å². The van der Waals surface area contributed by atoms with Crippen LogP contribution in [-0.2, 0) is 21.4 Å². The zero-order chi connectivity index (χ0) is 16.7. The molecule has 1 aromatic carbocycles. The summed E-state index contributed by atoms with van der Waals surface area (Å²) >= 11 is 0. The van der Waals surface area contributed by atoms with Gasteiger partial charge in [-0.15, -0.1) is 0 Å². The second kappa shape index (κ2) is 4.52. The summed E-state index contributed by atoms with van der Waals surface area (Å²) in [5.74, 6) is 1.71. The highest BCUT2D eigenvalue weighted by atomic mass is 16.5. The van der Waals surface area contributed by atoms with Gasteiger partial charge in [0.25, 0.3) is 0 Å². The van der Waals surface area contributed by atoms with Crippen LogP contribution in [0.5, 0.6) is 11.5 Å². The van der Waals surface area contributed by atoms with Gasteiger partial charge in [-0.05, 0) is 44.5 Å². The minimum atomic E-state index is -0.437. The van der Waals surface area contributed by atoms with Crippen LogP contribution in [0.2, 0.25) is 0 Å². The third-order valence-corrected chi connectivity index (χ3v) is 7.05. The zero-order valence-electron chi connectivity index (χ0n) is 14.4. The van der Waals surface area contributed by atoms with Gasteiger partial charge in [0.2, 0.25) is 0 Å². The van der Waals surface area contributed by atoms with Gasteiger partial charge < -0.3 is 19.1 Å². The van der Waals surface area contributed by atoms with Crippen LogP contribution in [0.3, 0.4) is 0 Å². The number of ketones is 1. The number of hydrogen-bond acceptors (Lipinski definition) is 5. The summed E-state index contributed by atoms with van der Waals surface area (Å²) in [6.45, 7) is 0.957. The van der Waals surface area contributed by atoms with Crippen LogP contribution in [0.25, 0.3) is 0 Å². The van der Waals surface area contributed by atoms with Crippen molar-refractivity contribution in [3.63, 3.8) is 0 Å². The maximum absolute atomic E-state index is 12.8. The van der Waals surface area contributed by atoms with E-state index in [1.165, 1.54) is 11.1 Å². The van der Waals surface area contributed by atoms with E-state index in [1.807, 2.05) is 13.2 Å². The molecule has 24 heavy (non-hydrogen) atoms. The number of methoxy groups -OCH3 is 2. The largest absolute Gasteiger partial charge is 0.493 e. The number of hydrogen-bond donors (Lipinski definition) is 0. The van der Waals surface area contributed by atoms with E-state index in [1.54, 1.807) is 7.11 Å². The highest BCUT2D eigenvalue weighted by Crippen LogP contribution is 2.65. The molecule has 5 heteroatoms. The molecule has 0 aromatic heterocycles. The van der Waals surface area contributed by atoms with Crippen LogP contribution < -0.4 is 9.47 Å². The molecule has 5 rings (SSSR count). The first-order valence-electron chi connectivity index (χ1n) is 8.74.